The molecule has 2 unspecified atom stereocenters. The zero-order chi connectivity index (χ0) is 16.7. The van der Waals surface area contributed by atoms with Crippen LogP contribution in [0, 0.1) is 5.92 Å². The summed E-state index contributed by atoms with van der Waals surface area (Å²) in [4.78, 5) is 25.7. The third-order valence-electron chi connectivity index (χ3n) is 5.37. The molecule has 0 radical (unpaired) electrons. The molecule has 0 aliphatic carbocycles. The zero-order valence-corrected chi connectivity index (χ0v) is 15.1. The van der Waals surface area contributed by atoms with Crippen molar-refractivity contribution in [1.29, 1.82) is 0 Å². The molecule has 7 heteroatoms. The molecule has 2 fully saturated rings. The van der Waals surface area contributed by atoms with Gasteiger partial charge in [0.25, 0.3) is 5.91 Å². The molecule has 25 heavy (non-hydrogen) atoms. The van der Waals surface area contributed by atoms with E-state index in [2.05, 4.69) is 10.6 Å². The Hall–Kier alpha value is -1.79. The van der Waals surface area contributed by atoms with Gasteiger partial charge in [-0.15, -0.1) is 12.4 Å². The Kier molecular flexibility index (Phi) is 5.20. The predicted molar refractivity (Wildman–Crippen MR) is 98.5 cm³/mol. The quantitative estimate of drug-likeness (QED) is 0.862. The topological polar surface area (TPSA) is 70.7 Å². The second-order valence-electron chi connectivity index (χ2n) is 7.15. The van der Waals surface area contributed by atoms with E-state index in [0.717, 1.165) is 12.8 Å². The standard InChI is InChI=1S/C18H23N3O3.ClH/c1-21-15-9-14(4-5-16(15)24-10-18(21)23)20-17(22)8-11-6-12-2-3-13(7-11)19-12;/h4-5,9,11-13,19H,2-3,6-8,10H2,1H3,(H,20,22);1H. The van der Waals surface area contributed by atoms with Crippen molar-refractivity contribution >= 4 is 35.6 Å². The van der Waals surface area contributed by atoms with Gasteiger partial charge in [-0.05, 0) is 49.8 Å². The lowest BCUT2D eigenvalue weighted by atomic mass is 9.89. The van der Waals surface area contributed by atoms with Crippen LogP contribution in [0.15, 0.2) is 18.2 Å². The second kappa shape index (κ2) is 7.22. The minimum absolute atomic E-state index is 0. The number of ether oxygens (including phenoxy) is 1. The molecule has 2 amide bonds. The minimum atomic E-state index is -0.0869. The van der Waals surface area contributed by atoms with Crippen molar-refractivity contribution in [2.24, 2.45) is 5.92 Å². The molecule has 136 valence electrons. The molecule has 3 aliphatic heterocycles. The highest BCUT2D eigenvalue weighted by molar-refractivity contribution is 5.99. The Morgan fingerprint density at radius 1 is 1.32 bits per heavy atom. The molecule has 3 aliphatic rings. The number of carbonyl (C=O) groups is 2. The lowest BCUT2D eigenvalue weighted by molar-refractivity contribution is -0.121. The van der Waals surface area contributed by atoms with Gasteiger partial charge in [-0.2, -0.15) is 0 Å². The van der Waals surface area contributed by atoms with Crippen LogP contribution >= 0.6 is 12.4 Å². The molecule has 0 spiro atoms. The number of hydrogen-bond donors (Lipinski definition) is 2. The highest BCUT2D eigenvalue weighted by Gasteiger charge is 2.34. The molecule has 3 heterocycles. The van der Waals surface area contributed by atoms with Crippen LogP contribution in [-0.2, 0) is 9.59 Å². The van der Waals surface area contributed by atoms with E-state index in [1.54, 1.807) is 24.1 Å². The van der Waals surface area contributed by atoms with Crippen LogP contribution in [0.25, 0.3) is 0 Å². The minimum Gasteiger partial charge on any atom is -0.482 e. The fraction of sp³-hybridized carbons (Fsp3) is 0.556. The van der Waals surface area contributed by atoms with Gasteiger partial charge in [-0.3, -0.25) is 9.59 Å². The third kappa shape index (κ3) is 3.75. The molecule has 2 atom stereocenters. The number of nitrogens with zero attached hydrogens (tertiary/aromatic N) is 1. The molecular formula is C18H24ClN3O3. The van der Waals surface area contributed by atoms with Gasteiger partial charge in [0.15, 0.2) is 6.61 Å². The lowest BCUT2D eigenvalue weighted by Crippen LogP contribution is -2.39. The predicted octanol–water partition coefficient (Wildman–Crippen LogP) is 2.32. The molecule has 2 N–H and O–H groups in total. The number of piperidine rings is 1. The Morgan fingerprint density at radius 2 is 2.04 bits per heavy atom. The van der Waals surface area contributed by atoms with Gasteiger partial charge in [0.1, 0.15) is 5.75 Å². The van der Waals surface area contributed by atoms with Crippen molar-refractivity contribution in [3.05, 3.63) is 18.2 Å². The summed E-state index contributed by atoms with van der Waals surface area (Å²) >= 11 is 0. The Labute approximate surface area is 153 Å². The first-order valence-corrected chi connectivity index (χ1v) is 8.68. The van der Waals surface area contributed by atoms with E-state index in [9.17, 15) is 9.59 Å². The first-order valence-electron chi connectivity index (χ1n) is 8.68. The smallest absolute Gasteiger partial charge is 0.264 e. The van der Waals surface area contributed by atoms with Crippen molar-refractivity contribution in [3.8, 4) is 5.75 Å². The SMILES string of the molecule is CN1C(=O)COc2ccc(NC(=O)CC3CC4CCC(C3)N4)cc21.Cl. The maximum absolute atomic E-state index is 12.4. The van der Waals surface area contributed by atoms with Crippen molar-refractivity contribution < 1.29 is 14.3 Å². The summed E-state index contributed by atoms with van der Waals surface area (Å²) in [5.41, 5.74) is 1.41. The summed E-state index contributed by atoms with van der Waals surface area (Å²) in [5, 5.41) is 6.58. The summed E-state index contributed by atoms with van der Waals surface area (Å²) in [6, 6.07) is 6.63. The van der Waals surface area contributed by atoms with Crippen molar-refractivity contribution in [1.82, 2.24) is 5.32 Å². The Balaban J connectivity index is 0.00000182. The van der Waals surface area contributed by atoms with E-state index < -0.39 is 0 Å². The maximum Gasteiger partial charge on any atom is 0.264 e. The number of benzene rings is 1. The van der Waals surface area contributed by atoms with Gasteiger partial charge in [0, 0.05) is 31.2 Å². The van der Waals surface area contributed by atoms with Gasteiger partial charge in [-0.1, -0.05) is 0 Å². The fourth-order valence-corrected chi connectivity index (χ4v) is 4.17. The monoisotopic (exact) mass is 365 g/mol. The number of anilines is 2. The normalized spacial score (nSPS) is 27.2. The first kappa shape index (κ1) is 18.0. The average Bonchev–Trinajstić information content (AvgIpc) is 2.90. The number of amides is 2. The van der Waals surface area contributed by atoms with E-state index in [1.807, 2.05) is 6.07 Å². The van der Waals surface area contributed by atoms with Crippen molar-refractivity contribution in [3.63, 3.8) is 0 Å². The van der Waals surface area contributed by atoms with E-state index >= 15 is 0 Å². The summed E-state index contributed by atoms with van der Waals surface area (Å²) in [6.07, 6.45) is 5.25. The molecule has 0 aromatic heterocycles. The molecule has 1 aromatic rings. The average molecular weight is 366 g/mol. The molecule has 1 aromatic carbocycles. The van der Waals surface area contributed by atoms with Gasteiger partial charge in [0.2, 0.25) is 5.91 Å². The van der Waals surface area contributed by atoms with Crippen LogP contribution < -0.4 is 20.3 Å². The number of carbonyl (C=O) groups excluding carboxylic acids is 2. The van der Waals surface area contributed by atoms with Crippen molar-refractivity contribution in [2.45, 2.75) is 44.2 Å². The van der Waals surface area contributed by atoms with E-state index in [-0.39, 0.29) is 30.8 Å². The highest BCUT2D eigenvalue weighted by atomic mass is 35.5. The highest BCUT2D eigenvalue weighted by Crippen LogP contribution is 2.35. The molecular weight excluding hydrogens is 342 g/mol. The summed E-state index contributed by atoms with van der Waals surface area (Å²) < 4.78 is 5.41. The van der Waals surface area contributed by atoms with Crippen molar-refractivity contribution in [2.75, 3.05) is 23.9 Å². The number of hydrogen-bond acceptors (Lipinski definition) is 4. The second-order valence-corrected chi connectivity index (χ2v) is 7.15. The maximum atomic E-state index is 12.4. The van der Waals surface area contributed by atoms with E-state index in [1.165, 1.54) is 12.8 Å². The van der Waals surface area contributed by atoms with Gasteiger partial charge in [0.05, 0.1) is 5.69 Å². The molecule has 2 bridgehead atoms. The summed E-state index contributed by atoms with van der Waals surface area (Å²) in [7, 11) is 1.72. The Bertz CT molecular complexity index is 670. The van der Waals surface area contributed by atoms with Crippen LogP contribution in [0.5, 0.6) is 5.75 Å². The molecule has 4 rings (SSSR count). The van der Waals surface area contributed by atoms with Gasteiger partial charge >= 0.3 is 0 Å². The van der Waals surface area contributed by atoms with E-state index in [0.29, 0.717) is 41.5 Å². The summed E-state index contributed by atoms with van der Waals surface area (Å²) in [6.45, 7) is 0.0628. The number of rotatable bonds is 3. The molecule has 6 nitrogen and oxygen atoms in total. The summed E-state index contributed by atoms with van der Waals surface area (Å²) in [5.74, 6) is 1.10. The number of fused-ring (bicyclic) bond motifs is 3. The largest absolute Gasteiger partial charge is 0.482 e. The van der Waals surface area contributed by atoms with Gasteiger partial charge in [-0.25, -0.2) is 0 Å². The Morgan fingerprint density at radius 3 is 2.76 bits per heavy atom. The zero-order valence-electron chi connectivity index (χ0n) is 14.3. The van der Waals surface area contributed by atoms with Crippen LogP contribution in [0.3, 0.4) is 0 Å². The number of halogens is 1. The number of nitrogens with one attached hydrogen (secondary N) is 2. The third-order valence-corrected chi connectivity index (χ3v) is 5.37. The molecule has 0 saturated carbocycles. The van der Waals surface area contributed by atoms with Crippen LogP contribution in [0.1, 0.15) is 32.1 Å². The van der Waals surface area contributed by atoms with Crippen LogP contribution in [-0.4, -0.2) is 37.6 Å². The van der Waals surface area contributed by atoms with E-state index in [4.69, 9.17) is 4.74 Å². The van der Waals surface area contributed by atoms with Crippen LogP contribution in [0.4, 0.5) is 11.4 Å². The lowest BCUT2D eigenvalue weighted by Gasteiger charge is -2.29. The van der Waals surface area contributed by atoms with Gasteiger partial charge < -0.3 is 20.3 Å². The first-order chi connectivity index (χ1) is 11.6. The molecule has 2 saturated heterocycles. The fourth-order valence-electron chi connectivity index (χ4n) is 4.17. The number of likely N-dealkylation sites (N-methyl/N-ethyl adjacent to an activating group) is 1. The van der Waals surface area contributed by atoms with Crippen LogP contribution in [0.2, 0.25) is 0 Å².